The predicted molar refractivity (Wildman–Crippen MR) is 145 cm³/mol. The number of fused-ring (bicyclic) bond motifs is 1. The Balaban J connectivity index is 1.25. The molecule has 2 saturated carbocycles. The highest BCUT2D eigenvalue weighted by Gasteiger charge is 2.32. The largest absolute Gasteiger partial charge is 0.367 e. The van der Waals surface area contributed by atoms with Crippen molar-refractivity contribution in [3.05, 3.63) is 89.5 Å². The van der Waals surface area contributed by atoms with Gasteiger partial charge in [-0.15, -0.1) is 0 Å². The molecule has 0 saturated heterocycles. The minimum Gasteiger partial charge on any atom is -0.367 e. The van der Waals surface area contributed by atoms with Crippen LogP contribution in [0.1, 0.15) is 49.1 Å². The number of aryl methyl sites for hydroxylation is 2. The zero-order valence-electron chi connectivity index (χ0n) is 21.1. The summed E-state index contributed by atoms with van der Waals surface area (Å²) in [5.41, 5.74) is 4.49. The zero-order valence-corrected chi connectivity index (χ0v) is 21.1. The van der Waals surface area contributed by atoms with Crippen LogP contribution in [-0.2, 0) is 17.8 Å². The van der Waals surface area contributed by atoms with Crippen LogP contribution >= 0.6 is 0 Å². The lowest BCUT2D eigenvalue weighted by Crippen LogP contribution is -2.33. The lowest BCUT2D eigenvalue weighted by Gasteiger charge is -2.23. The van der Waals surface area contributed by atoms with Gasteiger partial charge in [-0.2, -0.15) is 0 Å². The minimum absolute atomic E-state index is 0.0881. The maximum absolute atomic E-state index is 15.0. The predicted octanol–water partition coefficient (Wildman–Crippen LogP) is 6.44. The average molecular weight is 495 g/mol. The Morgan fingerprint density at radius 3 is 2.49 bits per heavy atom. The molecule has 0 radical (unpaired) electrons. The molecule has 6 rings (SSSR count). The Bertz CT molecular complexity index is 1450. The fourth-order valence-electron chi connectivity index (χ4n) is 4.86. The van der Waals surface area contributed by atoms with E-state index in [9.17, 15) is 9.18 Å². The van der Waals surface area contributed by atoms with Gasteiger partial charge in [0.1, 0.15) is 17.5 Å². The smallest absolute Gasteiger partial charge is 0.223 e. The fraction of sp³-hybridized carbons (Fsp3) is 0.323. The first kappa shape index (κ1) is 23.6. The highest BCUT2D eigenvalue weighted by molar-refractivity contribution is 5.93. The maximum atomic E-state index is 15.0. The number of hydrogen-bond donors (Lipinski definition) is 1. The van der Waals surface area contributed by atoms with Gasteiger partial charge in [-0.3, -0.25) is 4.79 Å². The Kier molecular flexibility index (Phi) is 6.33. The Labute approximate surface area is 216 Å². The van der Waals surface area contributed by atoms with Crippen LogP contribution in [0.15, 0.2) is 66.7 Å². The number of benzene rings is 3. The normalized spacial score (nSPS) is 15.1. The molecule has 1 heterocycles. The molecule has 188 valence electrons. The third-order valence-electron chi connectivity index (χ3n) is 7.22. The Morgan fingerprint density at radius 2 is 1.73 bits per heavy atom. The second kappa shape index (κ2) is 9.92. The minimum atomic E-state index is -0.277. The van der Waals surface area contributed by atoms with Gasteiger partial charge in [-0.25, -0.2) is 14.4 Å². The van der Waals surface area contributed by atoms with E-state index in [0.29, 0.717) is 31.0 Å². The number of anilines is 1. The molecule has 1 N–H and O–H groups in total. The first-order valence-corrected chi connectivity index (χ1v) is 13.2. The van der Waals surface area contributed by atoms with E-state index < -0.39 is 0 Å². The molecular formula is C31H31FN4O. The number of nitrogens with one attached hydrogen (secondary N) is 1. The van der Waals surface area contributed by atoms with Gasteiger partial charge in [-0.05, 0) is 80.0 Å². The van der Waals surface area contributed by atoms with E-state index in [4.69, 9.17) is 0 Å². The number of nitrogens with zero attached hydrogens (tertiary/aromatic N) is 3. The molecule has 1 aromatic heterocycles. The molecule has 2 fully saturated rings. The molecule has 5 nitrogen and oxygen atoms in total. The van der Waals surface area contributed by atoms with Gasteiger partial charge < -0.3 is 10.2 Å². The van der Waals surface area contributed by atoms with E-state index in [1.807, 2.05) is 66.4 Å². The van der Waals surface area contributed by atoms with Crippen LogP contribution < -0.4 is 5.32 Å². The monoisotopic (exact) mass is 494 g/mol. The van der Waals surface area contributed by atoms with Gasteiger partial charge in [0.15, 0.2) is 0 Å². The third-order valence-corrected chi connectivity index (χ3v) is 7.22. The van der Waals surface area contributed by atoms with Crippen molar-refractivity contribution < 1.29 is 9.18 Å². The van der Waals surface area contributed by atoms with Crippen LogP contribution in [0.2, 0.25) is 0 Å². The summed E-state index contributed by atoms with van der Waals surface area (Å²) in [7, 11) is 0. The summed E-state index contributed by atoms with van der Waals surface area (Å²) in [6.07, 6.45) is 5.42. The van der Waals surface area contributed by atoms with Crippen molar-refractivity contribution in [2.45, 2.75) is 64.1 Å². The van der Waals surface area contributed by atoms with Crippen molar-refractivity contribution in [2.75, 3.05) is 5.32 Å². The molecular weight excluding hydrogens is 463 g/mol. The number of carbonyl (C=O) groups excluding carboxylic acids is 1. The van der Waals surface area contributed by atoms with Crippen LogP contribution in [0.25, 0.3) is 22.0 Å². The molecule has 0 aliphatic heterocycles. The molecule has 0 atom stereocenters. The standard InChI is InChI=1S/C31H31FN4O/c1-20-33-29-15-9-23(18-27(29)31(34-20)35-25-10-11-25)22-8-14-28(32)24(17-22)19-36(26-12-13-26)30(37)16-7-21-5-3-2-4-6-21/h2-6,8-9,14-15,17-18,25-26H,7,10-13,16,19H2,1H3,(H,33,34,35). The maximum Gasteiger partial charge on any atom is 0.223 e. The van der Waals surface area contributed by atoms with Gasteiger partial charge >= 0.3 is 0 Å². The Hall–Kier alpha value is -3.80. The van der Waals surface area contributed by atoms with Crippen LogP contribution in [0.4, 0.5) is 10.2 Å². The van der Waals surface area contributed by atoms with Crippen LogP contribution in [0, 0.1) is 12.7 Å². The number of halogens is 1. The average Bonchev–Trinajstić information content (AvgIpc) is 3.83. The molecule has 1 amide bonds. The second-order valence-electron chi connectivity index (χ2n) is 10.3. The van der Waals surface area contributed by atoms with Crippen molar-refractivity contribution in [3.8, 4) is 11.1 Å². The van der Waals surface area contributed by atoms with Gasteiger partial charge in [-0.1, -0.05) is 42.5 Å². The molecule has 3 aromatic carbocycles. The Morgan fingerprint density at radius 1 is 0.973 bits per heavy atom. The number of amides is 1. The topological polar surface area (TPSA) is 58.1 Å². The first-order valence-electron chi connectivity index (χ1n) is 13.2. The molecule has 6 heteroatoms. The molecule has 0 unspecified atom stereocenters. The molecule has 4 aromatic rings. The van der Waals surface area contributed by atoms with Crippen LogP contribution in [0.5, 0.6) is 0 Å². The van der Waals surface area contributed by atoms with E-state index in [1.165, 1.54) is 6.07 Å². The van der Waals surface area contributed by atoms with Crippen LogP contribution in [-0.4, -0.2) is 32.9 Å². The van der Waals surface area contributed by atoms with Crippen molar-refractivity contribution in [3.63, 3.8) is 0 Å². The molecule has 0 bridgehead atoms. The molecule has 2 aliphatic rings. The van der Waals surface area contributed by atoms with E-state index in [-0.39, 0.29) is 17.8 Å². The van der Waals surface area contributed by atoms with E-state index in [0.717, 1.165) is 64.9 Å². The summed E-state index contributed by atoms with van der Waals surface area (Å²) in [5, 5.41) is 4.49. The van der Waals surface area contributed by atoms with E-state index in [2.05, 4.69) is 21.4 Å². The lowest BCUT2D eigenvalue weighted by atomic mass is 10.0. The van der Waals surface area contributed by atoms with Gasteiger partial charge in [0.25, 0.3) is 0 Å². The number of carbonyl (C=O) groups is 1. The summed E-state index contributed by atoms with van der Waals surface area (Å²) >= 11 is 0. The number of hydrogen-bond acceptors (Lipinski definition) is 4. The van der Waals surface area contributed by atoms with Gasteiger partial charge in [0.05, 0.1) is 5.52 Å². The quantitative estimate of drug-likeness (QED) is 0.291. The highest BCUT2D eigenvalue weighted by Crippen LogP contribution is 2.33. The molecule has 37 heavy (non-hydrogen) atoms. The van der Waals surface area contributed by atoms with Crippen molar-refractivity contribution in [1.29, 1.82) is 0 Å². The van der Waals surface area contributed by atoms with Gasteiger partial charge in [0.2, 0.25) is 5.91 Å². The first-order chi connectivity index (χ1) is 18.0. The van der Waals surface area contributed by atoms with Crippen molar-refractivity contribution >= 4 is 22.6 Å². The van der Waals surface area contributed by atoms with Crippen molar-refractivity contribution in [2.24, 2.45) is 0 Å². The van der Waals surface area contributed by atoms with E-state index in [1.54, 1.807) is 0 Å². The summed E-state index contributed by atoms with van der Waals surface area (Å²) in [6.45, 7) is 2.20. The molecule has 2 aliphatic carbocycles. The summed E-state index contributed by atoms with van der Waals surface area (Å²) in [4.78, 5) is 24.3. The lowest BCUT2D eigenvalue weighted by molar-refractivity contribution is -0.132. The van der Waals surface area contributed by atoms with Gasteiger partial charge in [0, 0.05) is 36.0 Å². The number of aromatic nitrogens is 2. The highest BCUT2D eigenvalue weighted by atomic mass is 19.1. The molecule has 0 spiro atoms. The van der Waals surface area contributed by atoms with Crippen molar-refractivity contribution in [1.82, 2.24) is 14.9 Å². The zero-order chi connectivity index (χ0) is 25.4. The summed E-state index contributed by atoms with van der Waals surface area (Å²) in [5.74, 6) is 1.41. The summed E-state index contributed by atoms with van der Waals surface area (Å²) < 4.78 is 15.0. The number of rotatable bonds is 9. The fourth-order valence-corrected chi connectivity index (χ4v) is 4.86. The summed E-state index contributed by atoms with van der Waals surface area (Å²) in [6, 6.07) is 22.1. The second-order valence-corrected chi connectivity index (χ2v) is 10.3. The third kappa shape index (κ3) is 5.48. The van der Waals surface area contributed by atoms with Crippen LogP contribution in [0.3, 0.4) is 0 Å². The SMILES string of the molecule is Cc1nc(NC2CC2)c2cc(-c3ccc(F)c(CN(C(=O)CCc4ccccc4)C4CC4)c3)ccc2n1. The van der Waals surface area contributed by atoms with E-state index >= 15 is 0 Å².